The lowest BCUT2D eigenvalue weighted by Gasteiger charge is -2.19. The number of hydrogen-bond donors (Lipinski definition) is 1. The van der Waals surface area contributed by atoms with Crippen LogP contribution in [0.5, 0.6) is 0 Å². The highest BCUT2D eigenvalue weighted by Gasteiger charge is 2.11. The van der Waals surface area contributed by atoms with E-state index in [-0.39, 0.29) is 5.91 Å². The zero-order valence-corrected chi connectivity index (χ0v) is 10.7. The number of nitrogens with one attached hydrogen (secondary N) is 1. The molecule has 0 spiro atoms. The molecule has 1 N–H and O–H groups in total. The van der Waals surface area contributed by atoms with Gasteiger partial charge in [0, 0.05) is 12.6 Å². The number of carbonyl (C=O) groups excluding carboxylic acids is 1. The van der Waals surface area contributed by atoms with E-state index in [0.717, 1.165) is 0 Å². The fraction of sp³-hybridized carbons (Fsp3) is 0.500. The van der Waals surface area contributed by atoms with Gasteiger partial charge in [0.25, 0.3) is 5.91 Å². The summed E-state index contributed by atoms with van der Waals surface area (Å²) in [6.45, 7) is 2.64. The number of halogens is 1. The first kappa shape index (κ1) is 12.3. The van der Waals surface area contributed by atoms with Crippen molar-refractivity contribution in [2.75, 3.05) is 20.6 Å². The van der Waals surface area contributed by atoms with Gasteiger partial charge in [-0.15, -0.1) is 0 Å². The second-order valence-electron chi connectivity index (χ2n) is 3.63. The van der Waals surface area contributed by atoms with E-state index in [4.69, 9.17) is 4.42 Å². The molecule has 0 aliphatic carbocycles. The molecule has 0 fully saturated rings. The molecule has 1 atom stereocenters. The fourth-order valence-corrected chi connectivity index (χ4v) is 1.25. The minimum Gasteiger partial charge on any atom is -0.444 e. The molecule has 1 rings (SSSR count). The van der Waals surface area contributed by atoms with Crippen LogP contribution in [0.15, 0.2) is 21.2 Å². The number of rotatable bonds is 4. The van der Waals surface area contributed by atoms with Crippen LogP contribution in [0.1, 0.15) is 17.5 Å². The maximum absolute atomic E-state index is 11.5. The number of likely N-dealkylation sites (N-methyl/N-ethyl adjacent to an activating group) is 1. The first-order valence-electron chi connectivity index (χ1n) is 4.70. The molecule has 15 heavy (non-hydrogen) atoms. The van der Waals surface area contributed by atoms with E-state index >= 15 is 0 Å². The molecule has 1 unspecified atom stereocenters. The summed E-state index contributed by atoms with van der Waals surface area (Å²) < 4.78 is 5.69. The third kappa shape index (κ3) is 3.68. The summed E-state index contributed by atoms with van der Waals surface area (Å²) in [6, 6.07) is 3.64. The van der Waals surface area contributed by atoms with Crippen LogP contribution in [-0.2, 0) is 0 Å². The van der Waals surface area contributed by atoms with E-state index in [1.165, 1.54) is 0 Å². The van der Waals surface area contributed by atoms with Crippen molar-refractivity contribution in [3.05, 3.63) is 22.6 Å². The van der Waals surface area contributed by atoms with E-state index in [1.54, 1.807) is 12.1 Å². The van der Waals surface area contributed by atoms with Gasteiger partial charge in [0.1, 0.15) is 0 Å². The van der Waals surface area contributed by atoms with Crippen molar-refractivity contribution < 1.29 is 9.21 Å². The molecule has 0 aliphatic heterocycles. The van der Waals surface area contributed by atoms with Crippen molar-refractivity contribution in [2.24, 2.45) is 0 Å². The quantitative estimate of drug-likeness (QED) is 0.910. The van der Waals surface area contributed by atoms with Crippen molar-refractivity contribution in [3.63, 3.8) is 0 Å². The fourth-order valence-electron chi connectivity index (χ4n) is 0.946. The van der Waals surface area contributed by atoms with Crippen LogP contribution in [0.3, 0.4) is 0 Å². The highest BCUT2D eigenvalue weighted by Crippen LogP contribution is 2.13. The predicted octanol–water partition coefficient (Wildman–Crippen LogP) is 1.72. The molecule has 1 aromatic heterocycles. The van der Waals surface area contributed by atoms with Crippen LogP contribution in [-0.4, -0.2) is 37.5 Å². The number of nitrogens with zero attached hydrogens (tertiary/aromatic N) is 1. The molecule has 1 heterocycles. The molecule has 1 amide bonds. The molecule has 5 heteroatoms. The predicted molar refractivity (Wildman–Crippen MR) is 61.9 cm³/mol. The first-order chi connectivity index (χ1) is 7.00. The lowest BCUT2D eigenvalue weighted by molar-refractivity contribution is 0.0914. The molecule has 0 bridgehead atoms. The number of carbonyl (C=O) groups is 1. The molecular weight excluding hydrogens is 260 g/mol. The van der Waals surface area contributed by atoms with Gasteiger partial charge in [0.05, 0.1) is 0 Å². The van der Waals surface area contributed by atoms with Gasteiger partial charge in [0.2, 0.25) is 0 Å². The molecular formula is C10H15BrN2O2. The largest absolute Gasteiger partial charge is 0.444 e. The Balaban J connectivity index is 2.43. The smallest absolute Gasteiger partial charge is 0.287 e. The van der Waals surface area contributed by atoms with Crippen molar-refractivity contribution >= 4 is 21.8 Å². The van der Waals surface area contributed by atoms with E-state index in [2.05, 4.69) is 21.2 Å². The molecule has 0 aliphatic rings. The van der Waals surface area contributed by atoms with E-state index in [0.29, 0.717) is 23.0 Å². The lowest BCUT2D eigenvalue weighted by atomic mass is 10.3. The summed E-state index contributed by atoms with van der Waals surface area (Å²) >= 11 is 3.15. The monoisotopic (exact) mass is 274 g/mol. The van der Waals surface area contributed by atoms with E-state index in [9.17, 15) is 4.79 Å². The molecule has 84 valence electrons. The average molecular weight is 275 g/mol. The van der Waals surface area contributed by atoms with E-state index in [1.807, 2.05) is 25.9 Å². The zero-order valence-electron chi connectivity index (χ0n) is 9.08. The maximum Gasteiger partial charge on any atom is 0.287 e. The van der Waals surface area contributed by atoms with Crippen LogP contribution < -0.4 is 5.32 Å². The van der Waals surface area contributed by atoms with Crippen molar-refractivity contribution in [1.82, 2.24) is 10.2 Å². The summed E-state index contributed by atoms with van der Waals surface area (Å²) in [4.78, 5) is 13.6. The van der Waals surface area contributed by atoms with E-state index < -0.39 is 0 Å². The van der Waals surface area contributed by atoms with Gasteiger partial charge >= 0.3 is 0 Å². The average Bonchev–Trinajstić information content (AvgIpc) is 2.60. The normalized spacial score (nSPS) is 12.9. The van der Waals surface area contributed by atoms with Gasteiger partial charge in [-0.1, -0.05) is 0 Å². The summed E-state index contributed by atoms with van der Waals surface area (Å²) in [5.41, 5.74) is 0. The molecule has 4 nitrogen and oxygen atoms in total. The van der Waals surface area contributed by atoms with Gasteiger partial charge in [0.15, 0.2) is 10.4 Å². The molecule has 0 radical (unpaired) electrons. The molecule has 0 saturated heterocycles. The highest BCUT2D eigenvalue weighted by atomic mass is 79.9. The highest BCUT2D eigenvalue weighted by molar-refractivity contribution is 9.10. The summed E-state index contributed by atoms with van der Waals surface area (Å²) in [6.07, 6.45) is 0. The third-order valence-electron chi connectivity index (χ3n) is 2.24. The van der Waals surface area contributed by atoms with Crippen molar-refractivity contribution in [2.45, 2.75) is 13.0 Å². The van der Waals surface area contributed by atoms with Crippen LogP contribution in [0, 0.1) is 0 Å². The maximum atomic E-state index is 11.5. The zero-order chi connectivity index (χ0) is 11.4. The van der Waals surface area contributed by atoms with Crippen LogP contribution in [0.2, 0.25) is 0 Å². The van der Waals surface area contributed by atoms with Crippen molar-refractivity contribution in [1.29, 1.82) is 0 Å². The Bertz CT molecular complexity index is 336. The van der Waals surface area contributed by atoms with Gasteiger partial charge in [-0.05, 0) is 49.1 Å². The SMILES string of the molecule is CC(CNC(=O)c1ccc(Br)o1)N(C)C. The Morgan fingerprint density at radius 3 is 2.73 bits per heavy atom. The van der Waals surface area contributed by atoms with Crippen LogP contribution in [0.25, 0.3) is 0 Å². The minimum atomic E-state index is -0.186. The Morgan fingerprint density at radius 1 is 1.60 bits per heavy atom. The summed E-state index contributed by atoms with van der Waals surface area (Å²) in [5, 5.41) is 2.80. The number of hydrogen-bond acceptors (Lipinski definition) is 3. The van der Waals surface area contributed by atoms with Gasteiger partial charge in [-0.25, -0.2) is 0 Å². The Morgan fingerprint density at radius 2 is 2.27 bits per heavy atom. The topological polar surface area (TPSA) is 45.5 Å². The summed E-state index contributed by atoms with van der Waals surface area (Å²) in [5.74, 6) is 0.141. The second kappa shape index (κ2) is 5.32. The Hall–Kier alpha value is -0.810. The van der Waals surface area contributed by atoms with Gasteiger partial charge in [-0.3, -0.25) is 4.79 Å². The molecule has 0 aromatic carbocycles. The Kier molecular flexibility index (Phi) is 4.35. The van der Waals surface area contributed by atoms with Crippen molar-refractivity contribution in [3.8, 4) is 0 Å². The standard InChI is InChI=1S/C10H15BrN2O2/c1-7(13(2)3)6-12-10(14)8-4-5-9(11)15-8/h4-5,7H,6H2,1-3H3,(H,12,14). The number of furan rings is 1. The third-order valence-corrected chi connectivity index (χ3v) is 2.66. The molecule has 0 saturated carbocycles. The second-order valence-corrected chi connectivity index (χ2v) is 4.41. The minimum absolute atomic E-state index is 0.186. The lowest BCUT2D eigenvalue weighted by Crippen LogP contribution is -2.38. The van der Waals surface area contributed by atoms with Gasteiger partial charge < -0.3 is 14.6 Å². The molecule has 1 aromatic rings. The Labute approximate surface area is 97.8 Å². The van der Waals surface area contributed by atoms with Gasteiger partial charge in [-0.2, -0.15) is 0 Å². The first-order valence-corrected chi connectivity index (χ1v) is 5.50. The van der Waals surface area contributed by atoms with Crippen LogP contribution >= 0.6 is 15.9 Å². The van der Waals surface area contributed by atoms with Crippen LogP contribution in [0.4, 0.5) is 0 Å². The number of amides is 1. The summed E-state index contributed by atoms with van der Waals surface area (Å²) in [7, 11) is 3.95.